The van der Waals surface area contributed by atoms with E-state index in [1.54, 1.807) is 29.8 Å². The van der Waals surface area contributed by atoms with Crippen molar-refractivity contribution in [1.82, 2.24) is 9.88 Å². The van der Waals surface area contributed by atoms with E-state index in [0.29, 0.717) is 0 Å². The van der Waals surface area contributed by atoms with Crippen LogP contribution >= 0.6 is 11.3 Å². The third kappa shape index (κ3) is 2.74. The van der Waals surface area contributed by atoms with Crippen LogP contribution in [0.5, 0.6) is 0 Å². The van der Waals surface area contributed by atoms with Gasteiger partial charge in [-0.1, -0.05) is 6.07 Å². The Bertz CT molecular complexity index is 604. The quantitative estimate of drug-likeness (QED) is 0.786. The molecule has 3 nitrogen and oxygen atoms in total. The van der Waals surface area contributed by atoms with Gasteiger partial charge >= 0.3 is 0 Å². The van der Waals surface area contributed by atoms with E-state index in [0.717, 1.165) is 25.1 Å². The van der Waals surface area contributed by atoms with Crippen LogP contribution < -0.4 is 0 Å². The van der Waals surface area contributed by atoms with Crippen molar-refractivity contribution in [3.05, 3.63) is 58.1 Å². The molecule has 0 aliphatic carbocycles. The van der Waals surface area contributed by atoms with Crippen molar-refractivity contribution in [3.8, 4) is 0 Å². The molecule has 4 heteroatoms. The van der Waals surface area contributed by atoms with E-state index in [-0.39, 0.29) is 5.91 Å². The van der Waals surface area contributed by atoms with Gasteiger partial charge in [0.2, 0.25) is 5.91 Å². The molecule has 0 unspecified atom stereocenters. The molecule has 3 heterocycles. The summed E-state index contributed by atoms with van der Waals surface area (Å²) in [5.74, 6) is 0.0701. The maximum absolute atomic E-state index is 12.1. The molecule has 0 saturated carbocycles. The van der Waals surface area contributed by atoms with Crippen LogP contribution in [0.3, 0.4) is 0 Å². The number of thiophene rings is 1. The van der Waals surface area contributed by atoms with E-state index in [2.05, 4.69) is 16.4 Å². The maximum Gasteiger partial charge on any atom is 0.246 e. The molecule has 0 radical (unpaired) electrons. The predicted molar refractivity (Wildman–Crippen MR) is 76.7 cm³/mol. The van der Waals surface area contributed by atoms with E-state index < -0.39 is 0 Å². The van der Waals surface area contributed by atoms with Crippen LogP contribution in [-0.4, -0.2) is 22.3 Å². The van der Waals surface area contributed by atoms with Crippen LogP contribution in [0.1, 0.15) is 16.0 Å². The highest BCUT2D eigenvalue weighted by atomic mass is 32.1. The fourth-order valence-electron chi connectivity index (χ4n) is 2.18. The summed E-state index contributed by atoms with van der Waals surface area (Å²) >= 11 is 1.79. The number of nitrogens with zero attached hydrogens (tertiary/aromatic N) is 2. The van der Waals surface area contributed by atoms with Gasteiger partial charge in [0.25, 0.3) is 0 Å². The van der Waals surface area contributed by atoms with Crippen molar-refractivity contribution in [3.63, 3.8) is 0 Å². The summed E-state index contributed by atoms with van der Waals surface area (Å²) in [4.78, 5) is 19.5. The van der Waals surface area contributed by atoms with Crippen LogP contribution in [0.2, 0.25) is 0 Å². The standard InChI is InChI=1S/C15H14N2OS/c18-15(4-3-12-2-1-7-16-10-12)17-8-5-14-13(11-17)6-9-19-14/h1-4,6-7,9-10H,5,8,11H2/b4-3+. The van der Waals surface area contributed by atoms with Gasteiger partial charge in [0, 0.05) is 36.4 Å². The molecule has 2 aromatic heterocycles. The van der Waals surface area contributed by atoms with Gasteiger partial charge in [-0.25, -0.2) is 0 Å². The number of hydrogen-bond donors (Lipinski definition) is 0. The SMILES string of the molecule is O=C(/C=C/c1cccnc1)N1CCc2sccc2C1. The molecule has 0 atom stereocenters. The molecule has 0 bridgehead atoms. The van der Waals surface area contributed by atoms with Gasteiger partial charge in [-0.3, -0.25) is 9.78 Å². The smallest absolute Gasteiger partial charge is 0.246 e. The Morgan fingerprint density at radius 1 is 1.42 bits per heavy atom. The number of amides is 1. The van der Waals surface area contributed by atoms with Crippen LogP contribution in [0.25, 0.3) is 6.08 Å². The highest BCUT2D eigenvalue weighted by Gasteiger charge is 2.19. The molecule has 0 saturated heterocycles. The lowest BCUT2D eigenvalue weighted by molar-refractivity contribution is -0.126. The first kappa shape index (κ1) is 12.1. The Balaban J connectivity index is 1.67. The minimum atomic E-state index is 0.0701. The van der Waals surface area contributed by atoms with Crippen molar-refractivity contribution < 1.29 is 4.79 Å². The Morgan fingerprint density at radius 2 is 2.37 bits per heavy atom. The Morgan fingerprint density at radius 3 is 3.21 bits per heavy atom. The van der Waals surface area contributed by atoms with Crippen LogP contribution in [0, 0.1) is 0 Å². The monoisotopic (exact) mass is 270 g/mol. The molecular formula is C15H14N2OS. The van der Waals surface area contributed by atoms with Gasteiger partial charge in [-0.2, -0.15) is 0 Å². The lowest BCUT2D eigenvalue weighted by Crippen LogP contribution is -2.34. The van der Waals surface area contributed by atoms with Gasteiger partial charge < -0.3 is 4.90 Å². The second-order valence-corrected chi connectivity index (χ2v) is 5.50. The molecular weight excluding hydrogens is 256 g/mol. The van der Waals surface area contributed by atoms with Crippen LogP contribution in [-0.2, 0) is 17.8 Å². The molecule has 0 fully saturated rings. The summed E-state index contributed by atoms with van der Waals surface area (Å²) in [6.45, 7) is 1.54. The Hall–Kier alpha value is -1.94. The summed E-state index contributed by atoms with van der Waals surface area (Å²) in [6, 6.07) is 5.91. The van der Waals surface area contributed by atoms with Crippen molar-refractivity contribution in [1.29, 1.82) is 0 Å². The number of hydrogen-bond acceptors (Lipinski definition) is 3. The van der Waals surface area contributed by atoms with Crippen molar-refractivity contribution in [2.75, 3.05) is 6.54 Å². The van der Waals surface area contributed by atoms with Gasteiger partial charge in [0.15, 0.2) is 0 Å². The molecule has 0 N–H and O–H groups in total. The second kappa shape index (κ2) is 5.36. The van der Waals surface area contributed by atoms with Crippen LogP contribution in [0.15, 0.2) is 42.0 Å². The van der Waals surface area contributed by atoms with Gasteiger partial charge in [0.1, 0.15) is 0 Å². The second-order valence-electron chi connectivity index (χ2n) is 4.50. The molecule has 19 heavy (non-hydrogen) atoms. The summed E-state index contributed by atoms with van der Waals surface area (Å²) in [5, 5.41) is 2.10. The highest BCUT2D eigenvalue weighted by molar-refractivity contribution is 7.10. The zero-order chi connectivity index (χ0) is 13.1. The highest BCUT2D eigenvalue weighted by Crippen LogP contribution is 2.24. The topological polar surface area (TPSA) is 33.2 Å². The first-order chi connectivity index (χ1) is 9.33. The minimum Gasteiger partial charge on any atom is -0.334 e. The third-order valence-electron chi connectivity index (χ3n) is 3.22. The molecule has 0 spiro atoms. The largest absolute Gasteiger partial charge is 0.334 e. The molecule has 2 aromatic rings. The number of carbonyl (C=O) groups excluding carboxylic acids is 1. The van der Waals surface area contributed by atoms with E-state index in [9.17, 15) is 4.79 Å². The van der Waals surface area contributed by atoms with Gasteiger partial charge in [-0.15, -0.1) is 11.3 Å². The average Bonchev–Trinajstić information content (AvgIpc) is 2.93. The summed E-state index contributed by atoms with van der Waals surface area (Å²) in [5.41, 5.74) is 2.24. The normalized spacial score (nSPS) is 14.6. The Labute approximate surface area is 116 Å². The predicted octanol–water partition coefficient (Wildman–Crippen LogP) is 2.74. The fourth-order valence-corrected chi connectivity index (χ4v) is 3.07. The minimum absolute atomic E-state index is 0.0701. The number of rotatable bonds is 2. The van der Waals surface area contributed by atoms with E-state index in [4.69, 9.17) is 0 Å². The number of pyridine rings is 1. The lowest BCUT2D eigenvalue weighted by Gasteiger charge is -2.25. The molecule has 1 aliphatic rings. The number of aromatic nitrogens is 1. The maximum atomic E-state index is 12.1. The molecule has 1 aliphatic heterocycles. The lowest BCUT2D eigenvalue weighted by atomic mass is 10.1. The van der Waals surface area contributed by atoms with Crippen molar-refractivity contribution in [2.24, 2.45) is 0 Å². The average molecular weight is 270 g/mol. The fraction of sp³-hybridized carbons (Fsp3) is 0.200. The van der Waals surface area contributed by atoms with Gasteiger partial charge in [0.05, 0.1) is 0 Å². The Kier molecular flexibility index (Phi) is 3.42. The third-order valence-corrected chi connectivity index (χ3v) is 4.25. The first-order valence-electron chi connectivity index (χ1n) is 6.25. The van der Waals surface area contributed by atoms with E-state index in [1.165, 1.54) is 10.4 Å². The summed E-state index contributed by atoms with van der Waals surface area (Å²) in [6.07, 6.45) is 7.89. The molecule has 0 aromatic carbocycles. The number of fused-ring (bicyclic) bond motifs is 1. The first-order valence-corrected chi connectivity index (χ1v) is 7.13. The van der Waals surface area contributed by atoms with E-state index >= 15 is 0 Å². The van der Waals surface area contributed by atoms with Gasteiger partial charge in [-0.05, 0) is 41.1 Å². The zero-order valence-corrected chi connectivity index (χ0v) is 11.3. The van der Waals surface area contributed by atoms with Crippen molar-refractivity contribution >= 4 is 23.3 Å². The van der Waals surface area contributed by atoms with Crippen molar-refractivity contribution in [2.45, 2.75) is 13.0 Å². The molecule has 3 rings (SSSR count). The van der Waals surface area contributed by atoms with E-state index in [1.807, 2.05) is 23.1 Å². The summed E-state index contributed by atoms with van der Waals surface area (Å²) < 4.78 is 0. The zero-order valence-electron chi connectivity index (χ0n) is 10.5. The van der Waals surface area contributed by atoms with Crippen LogP contribution in [0.4, 0.5) is 0 Å². The molecule has 1 amide bonds. The molecule has 96 valence electrons. The summed E-state index contributed by atoms with van der Waals surface area (Å²) in [7, 11) is 0. The number of carbonyl (C=O) groups is 1.